The molecule has 0 saturated heterocycles. The van der Waals surface area contributed by atoms with Crippen LogP contribution in [0.4, 0.5) is 4.39 Å². The van der Waals surface area contributed by atoms with E-state index in [0.717, 1.165) is 0 Å². The topological polar surface area (TPSA) is 49.8 Å². The summed E-state index contributed by atoms with van der Waals surface area (Å²) in [6.07, 6.45) is -0.931. The average molecular weight is 359 g/mol. The van der Waals surface area contributed by atoms with E-state index in [1.165, 1.54) is 25.3 Å². The van der Waals surface area contributed by atoms with E-state index < -0.39 is 11.9 Å². The van der Waals surface area contributed by atoms with Crippen LogP contribution in [-0.2, 0) is 0 Å². The Morgan fingerprint density at radius 2 is 1.54 bits per heavy atom. The van der Waals surface area contributed by atoms with Crippen molar-refractivity contribution in [3.63, 3.8) is 0 Å². The smallest absolute Gasteiger partial charge is 0.254 e. The SMILES string of the molecule is COc1cc(C(O)c2ccc(C(=O)N(C(C)C)C(C)C)cc2)ccc1F. The lowest BCUT2D eigenvalue weighted by Gasteiger charge is -2.31. The fourth-order valence-corrected chi connectivity index (χ4v) is 3.06. The van der Waals surface area contributed by atoms with Crippen molar-refractivity contribution in [1.82, 2.24) is 4.90 Å². The minimum Gasteiger partial charge on any atom is -0.494 e. The fourth-order valence-electron chi connectivity index (χ4n) is 3.06. The molecule has 1 unspecified atom stereocenters. The molecule has 1 N–H and O–H groups in total. The van der Waals surface area contributed by atoms with Gasteiger partial charge in [-0.3, -0.25) is 4.79 Å². The number of carbonyl (C=O) groups excluding carboxylic acids is 1. The van der Waals surface area contributed by atoms with Crippen molar-refractivity contribution >= 4 is 5.91 Å². The summed E-state index contributed by atoms with van der Waals surface area (Å²) in [5, 5.41) is 10.5. The first kappa shape index (κ1) is 19.9. The van der Waals surface area contributed by atoms with Crippen LogP contribution < -0.4 is 4.74 Å². The van der Waals surface area contributed by atoms with Crippen molar-refractivity contribution < 1.29 is 19.0 Å². The maximum Gasteiger partial charge on any atom is 0.254 e. The van der Waals surface area contributed by atoms with Gasteiger partial charge in [0.15, 0.2) is 11.6 Å². The third-order valence-corrected chi connectivity index (χ3v) is 4.31. The molecule has 140 valence electrons. The Bertz CT molecular complexity index is 748. The lowest BCUT2D eigenvalue weighted by Crippen LogP contribution is -2.42. The number of hydrogen-bond donors (Lipinski definition) is 1. The standard InChI is InChI=1S/C21H26FNO3/c1-13(2)23(14(3)4)21(25)16-8-6-15(7-9-16)20(24)17-10-11-18(22)19(12-17)26-5/h6-14,20,24H,1-5H3. The van der Waals surface area contributed by atoms with Gasteiger partial charge in [0.1, 0.15) is 6.10 Å². The number of rotatable bonds is 6. The Kier molecular flexibility index (Phi) is 6.37. The lowest BCUT2D eigenvalue weighted by molar-refractivity contribution is 0.0643. The molecular formula is C21H26FNO3. The van der Waals surface area contributed by atoms with Gasteiger partial charge in [-0.05, 0) is 63.1 Å². The molecule has 0 aliphatic heterocycles. The van der Waals surface area contributed by atoms with E-state index in [1.807, 2.05) is 32.6 Å². The van der Waals surface area contributed by atoms with Gasteiger partial charge >= 0.3 is 0 Å². The van der Waals surface area contributed by atoms with E-state index in [2.05, 4.69) is 0 Å². The Morgan fingerprint density at radius 1 is 1.00 bits per heavy atom. The molecule has 0 aliphatic carbocycles. The van der Waals surface area contributed by atoms with Crippen LogP contribution in [0.25, 0.3) is 0 Å². The Hall–Kier alpha value is -2.40. The highest BCUT2D eigenvalue weighted by molar-refractivity contribution is 5.94. The Balaban J connectivity index is 2.25. The molecule has 0 saturated carbocycles. The second-order valence-electron chi connectivity index (χ2n) is 6.82. The maximum absolute atomic E-state index is 13.5. The summed E-state index contributed by atoms with van der Waals surface area (Å²) in [5.41, 5.74) is 1.71. The zero-order valence-electron chi connectivity index (χ0n) is 15.9. The number of methoxy groups -OCH3 is 1. The van der Waals surface area contributed by atoms with Gasteiger partial charge in [-0.15, -0.1) is 0 Å². The van der Waals surface area contributed by atoms with Crippen molar-refractivity contribution in [2.45, 2.75) is 45.9 Å². The van der Waals surface area contributed by atoms with E-state index in [1.54, 1.807) is 24.3 Å². The molecule has 0 aromatic heterocycles. The normalized spacial score (nSPS) is 12.3. The van der Waals surface area contributed by atoms with Gasteiger partial charge in [0.25, 0.3) is 5.91 Å². The molecule has 0 aliphatic rings. The number of benzene rings is 2. The summed E-state index contributed by atoms with van der Waals surface area (Å²) in [5.74, 6) is -0.441. The second kappa shape index (κ2) is 8.32. The molecule has 0 heterocycles. The third kappa shape index (κ3) is 4.22. The molecule has 2 aromatic carbocycles. The molecule has 0 fully saturated rings. The summed E-state index contributed by atoms with van der Waals surface area (Å²) in [4.78, 5) is 14.5. The van der Waals surface area contributed by atoms with Gasteiger partial charge in [0.05, 0.1) is 7.11 Å². The van der Waals surface area contributed by atoms with Crippen LogP contribution in [-0.4, -0.2) is 35.1 Å². The number of nitrogens with zero attached hydrogens (tertiary/aromatic N) is 1. The van der Waals surface area contributed by atoms with Gasteiger partial charge in [-0.2, -0.15) is 0 Å². The van der Waals surface area contributed by atoms with Crippen LogP contribution >= 0.6 is 0 Å². The quantitative estimate of drug-likeness (QED) is 0.842. The van der Waals surface area contributed by atoms with E-state index in [-0.39, 0.29) is 23.7 Å². The summed E-state index contributed by atoms with van der Waals surface area (Å²) >= 11 is 0. The van der Waals surface area contributed by atoms with Gasteiger partial charge < -0.3 is 14.7 Å². The highest BCUT2D eigenvalue weighted by Gasteiger charge is 2.22. The van der Waals surface area contributed by atoms with Crippen LogP contribution in [0.3, 0.4) is 0 Å². The Labute approximate surface area is 154 Å². The summed E-state index contributed by atoms with van der Waals surface area (Å²) in [6.45, 7) is 7.94. The van der Waals surface area contributed by atoms with Crippen molar-refractivity contribution in [3.8, 4) is 5.75 Å². The van der Waals surface area contributed by atoms with Crippen LogP contribution in [0.5, 0.6) is 5.75 Å². The van der Waals surface area contributed by atoms with E-state index in [9.17, 15) is 14.3 Å². The van der Waals surface area contributed by atoms with Crippen LogP contribution in [0, 0.1) is 5.82 Å². The highest BCUT2D eigenvalue weighted by Crippen LogP contribution is 2.27. The van der Waals surface area contributed by atoms with E-state index in [4.69, 9.17) is 4.74 Å². The minimum absolute atomic E-state index is 0.0421. The molecule has 26 heavy (non-hydrogen) atoms. The second-order valence-corrected chi connectivity index (χ2v) is 6.82. The van der Waals surface area contributed by atoms with Crippen LogP contribution in [0.2, 0.25) is 0 Å². The minimum atomic E-state index is -0.931. The first-order valence-electron chi connectivity index (χ1n) is 8.70. The van der Waals surface area contributed by atoms with Crippen molar-refractivity contribution in [1.29, 1.82) is 0 Å². The molecule has 2 aromatic rings. The maximum atomic E-state index is 13.5. The van der Waals surface area contributed by atoms with E-state index in [0.29, 0.717) is 16.7 Å². The number of aliphatic hydroxyl groups is 1. The highest BCUT2D eigenvalue weighted by atomic mass is 19.1. The zero-order valence-corrected chi connectivity index (χ0v) is 15.9. The molecule has 4 nitrogen and oxygen atoms in total. The van der Waals surface area contributed by atoms with Gasteiger partial charge in [0, 0.05) is 17.6 Å². The molecular weight excluding hydrogens is 333 g/mol. The number of carbonyl (C=O) groups is 1. The van der Waals surface area contributed by atoms with Crippen molar-refractivity contribution in [2.24, 2.45) is 0 Å². The van der Waals surface area contributed by atoms with Crippen LogP contribution in [0.1, 0.15) is 55.3 Å². The molecule has 1 amide bonds. The third-order valence-electron chi connectivity index (χ3n) is 4.31. The van der Waals surface area contributed by atoms with Crippen LogP contribution in [0.15, 0.2) is 42.5 Å². The molecule has 1 atom stereocenters. The van der Waals surface area contributed by atoms with E-state index >= 15 is 0 Å². The predicted octanol–water partition coefficient (Wildman–Crippen LogP) is 4.18. The first-order chi connectivity index (χ1) is 12.3. The fraction of sp³-hybridized carbons (Fsp3) is 0.381. The number of aliphatic hydroxyl groups excluding tert-OH is 1. The van der Waals surface area contributed by atoms with Crippen molar-refractivity contribution in [2.75, 3.05) is 7.11 Å². The first-order valence-corrected chi connectivity index (χ1v) is 8.70. The molecule has 0 spiro atoms. The van der Waals surface area contributed by atoms with Gasteiger partial charge in [-0.1, -0.05) is 18.2 Å². The predicted molar refractivity (Wildman–Crippen MR) is 99.9 cm³/mol. The molecule has 5 heteroatoms. The number of ether oxygens (including phenoxy) is 1. The zero-order chi connectivity index (χ0) is 19.4. The summed E-state index contributed by atoms with van der Waals surface area (Å²) in [6, 6.07) is 11.3. The van der Waals surface area contributed by atoms with Gasteiger partial charge in [0.2, 0.25) is 0 Å². The monoisotopic (exact) mass is 359 g/mol. The van der Waals surface area contributed by atoms with Gasteiger partial charge in [-0.25, -0.2) is 4.39 Å². The number of amides is 1. The Morgan fingerprint density at radius 3 is 2.04 bits per heavy atom. The molecule has 0 bridgehead atoms. The molecule has 0 radical (unpaired) electrons. The summed E-state index contributed by atoms with van der Waals surface area (Å²) < 4.78 is 18.5. The van der Waals surface area contributed by atoms with Crippen molar-refractivity contribution in [3.05, 3.63) is 65.0 Å². The largest absolute Gasteiger partial charge is 0.494 e. The lowest BCUT2D eigenvalue weighted by atomic mass is 9.99. The number of halogens is 1. The average Bonchev–Trinajstić information content (AvgIpc) is 2.61. The molecule has 2 rings (SSSR count). The number of hydrogen-bond acceptors (Lipinski definition) is 3. The summed E-state index contributed by atoms with van der Waals surface area (Å²) in [7, 11) is 1.38.